The Morgan fingerprint density at radius 1 is 1.56 bits per heavy atom. The summed E-state index contributed by atoms with van der Waals surface area (Å²) in [6.45, 7) is 0.228. The number of carbonyl (C=O) groups excluding carboxylic acids is 1. The highest BCUT2D eigenvalue weighted by molar-refractivity contribution is 7.98. The van der Waals surface area contributed by atoms with Gasteiger partial charge in [0.25, 0.3) is 0 Å². The maximum atomic E-state index is 11.8. The Bertz CT molecular complexity index is 551. The van der Waals surface area contributed by atoms with Crippen molar-refractivity contribution in [2.24, 2.45) is 0 Å². The molecule has 2 aromatic heterocycles. The number of H-pyrrole nitrogens is 1. The highest BCUT2D eigenvalue weighted by Gasteiger charge is 2.24. The molecule has 1 N–H and O–H groups in total. The maximum Gasteiger partial charge on any atom is 0.341 e. The van der Waals surface area contributed by atoms with Gasteiger partial charge in [-0.15, -0.1) is 22.0 Å². The van der Waals surface area contributed by atoms with Crippen LogP contribution in [0.15, 0.2) is 10.7 Å². The molecular weight excluding hydrogens is 256 g/mol. The first-order valence-electron chi connectivity index (χ1n) is 5.41. The molecule has 0 unspecified atom stereocenters. The van der Waals surface area contributed by atoms with E-state index in [4.69, 9.17) is 9.15 Å². The second-order valence-electron chi connectivity index (χ2n) is 3.76. The number of carbonyl (C=O) groups is 1. The molecule has 3 heterocycles. The summed E-state index contributed by atoms with van der Waals surface area (Å²) in [6, 6.07) is 0. The Hall–Kier alpha value is -1.83. The number of aromatic nitrogens is 4. The molecule has 7 nitrogen and oxygen atoms in total. The number of rotatable bonds is 4. The highest BCUT2D eigenvalue weighted by atomic mass is 32.2. The molecule has 0 fully saturated rings. The second kappa shape index (κ2) is 4.81. The van der Waals surface area contributed by atoms with E-state index in [0.29, 0.717) is 17.8 Å². The van der Waals surface area contributed by atoms with Gasteiger partial charge in [-0.05, 0) is 0 Å². The van der Waals surface area contributed by atoms with E-state index >= 15 is 0 Å². The molecule has 1 aliphatic heterocycles. The molecule has 0 aliphatic carbocycles. The van der Waals surface area contributed by atoms with Crippen molar-refractivity contribution < 1.29 is 13.9 Å². The van der Waals surface area contributed by atoms with Crippen LogP contribution in [0.1, 0.15) is 27.5 Å². The van der Waals surface area contributed by atoms with Gasteiger partial charge < -0.3 is 9.15 Å². The summed E-state index contributed by atoms with van der Waals surface area (Å²) in [4.78, 5) is 11.8. The zero-order chi connectivity index (χ0) is 12.4. The first-order chi connectivity index (χ1) is 8.84. The Labute approximate surface area is 106 Å². The first-order valence-corrected chi connectivity index (χ1v) is 6.56. The van der Waals surface area contributed by atoms with Crippen LogP contribution in [0.25, 0.3) is 0 Å². The Balaban J connectivity index is 1.58. The Kier molecular flexibility index (Phi) is 3.01. The summed E-state index contributed by atoms with van der Waals surface area (Å²) in [6.07, 6.45) is 1.91. The lowest BCUT2D eigenvalue weighted by atomic mass is 10.2. The number of thioether (sulfide) groups is 1. The topological polar surface area (TPSA) is 93.9 Å². The summed E-state index contributed by atoms with van der Waals surface area (Å²) >= 11 is 1.73. The van der Waals surface area contributed by atoms with E-state index in [2.05, 4.69) is 20.6 Å². The van der Waals surface area contributed by atoms with Crippen molar-refractivity contribution >= 4 is 17.7 Å². The van der Waals surface area contributed by atoms with Crippen LogP contribution in [0, 0.1) is 0 Å². The smallest absolute Gasteiger partial charge is 0.341 e. The molecular formula is C10H10N4O3S. The van der Waals surface area contributed by atoms with Gasteiger partial charge >= 0.3 is 5.97 Å². The van der Waals surface area contributed by atoms with Gasteiger partial charge in [-0.2, -0.15) is 5.21 Å². The van der Waals surface area contributed by atoms with E-state index in [0.717, 1.165) is 22.8 Å². The van der Waals surface area contributed by atoms with Crippen molar-refractivity contribution in [3.63, 3.8) is 0 Å². The maximum absolute atomic E-state index is 11.8. The number of fused-ring (bicyclic) bond motifs is 1. The van der Waals surface area contributed by atoms with Crippen LogP contribution in [0.3, 0.4) is 0 Å². The average molecular weight is 266 g/mol. The minimum absolute atomic E-state index is 0.228. The van der Waals surface area contributed by atoms with E-state index < -0.39 is 0 Å². The molecule has 0 saturated heterocycles. The molecule has 18 heavy (non-hydrogen) atoms. The highest BCUT2D eigenvalue weighted by Crippen LogP contribution is 2.33. The molecule has 3 rings (SSSR count). The molecule has 94 valence electrons. The Morgan fingerprint density at radius 2 is 2.50 bits per heavy atom. The van der Waals surface area contributed by atoms with Crippen LogP contribution in [0.2, 0.25) is 0 Å². The molecule has 8 heteroatoms. The van der Waals surface area contributed by atoms with Gasteiger partial charge in [0.15, 0.2) is 5.82 Å². The number of furan rings is 1. The van der Waals surface area contributed by atoms with E-state index in [9.17, 15) is 4.79 Å². The number of nitrogens with zero attached hydrogens (tertiary/aromatic N) is 3. The number of esters is 1. The standard InChI is InChI=1S/C10H10N4O3S/c15-10(16-2-1-9-11-13-14-12-9)6-3-17-8-5-18-4-7(6)8/h3H,1-2,4-5H2,(H,11,12,13,14). The van der Waals surface area contributed by atoms with Crippen molar-refractivity contribution in [2.45, 2.75) is 17.9 Å². The van der Waals surface area contributed by atoms with Crippen LogP contribution >= 0.6 is 11.8 Å². The fourth-order valence-electron chi connectivity index (χ4n) is 1.72. The zero-order valence-corrected chi connectivity index (χ0v) is 10.2. The normalized spacial score (nSPS) is 13.6. The zero-order valence-electron chi connectivity index (χ0n) is 9.38. The van der Waals surface area contributed by atoms with Gasteiger partial charge in [-0.1, -0.05) is 5.21 Å². The molecule has 0 atom stereocenters. The SMILES string of the molecule is O=C(OCCc1nn[nH]n1)c1coc2c1CSC2. The summed E-state index contributed by atoms with van der Waals surface area (Å²) in [5.41, 5.74) is 1.49. The lowest BCUT2D eigenvalue weighted by Crippen LogP contribution is -2.09. The number of tetrazole rings is 1. The monoisotopic (exact) mass is 266 g/mol. The summed E-state index contributed by atoms with van der Waals surface area (Å²) in [5.74, 6) is 2.68. The molecule has 0 spiro atoms. The van der Waals surface area contributed by atoms with Gasteiger partial charge in [0.2, 0.25) is 0 Å². The van der Waals surface area contributed by atoms with Gasteiger partial charge in [-0.25, -0.2) is 4.79 Å². The van der Waals surface area contributed by atoms with E-state index in [1.807, 2.05) is 0 Å². The molecule has 0 aromatic carbocycles. The lowest BCUT2D eigenvalue weighted by Gasteiger charge is -2.01. The predicted molar refractivity (Wildman–Crippen MR) is 61.9 cm³/mol. The molecule has 1 aliphatic rings. The minimum atomic E-state index is -0.356. The number of ether oxygens (including phenoxy) is 1. The lowest BCUT2D eigenvalue weighted by molar-refractivity contribution is 0.0506. The first kappa shape index (κ1) is 11.3. The number of aromatic amines is 1. The largest absolute Gasteiger partial charge is 0.467 e. The van der Waals surface area contributed by atoms with Crippen LogP contribution < -0.4 is 0 Å². The second-order valence-corrected chi connectivity index (χ2v) is 4.74. The van der Waals surface area contributed by atoms with Crippen LogP contribution in [-0.2, 0) is 22.7 Å². The van der Waals surface area contributed by atoms with Gasteiger partial charge in [0, 0.05) is 17.7 Å². The van der Waals surface area contributed by atoms with Gasteiger partial charge in [0.05, 0.1) is 12.4 Å². The van der Waals surface area contributed by atoms with Crippen molar-refractivity contribution in [3.8, 4) is 0 Å². The number of nitrogens with one attached hydrogen (secondary N) is 1. The minimum Gasteiger partial charge on any atom is -0.467 e. The quantitative estimate of drug-likeness (QED) is 0.823. The van der Waals surface area contributed by atoms with E-state index in [1.54, 1.807) is 11.8 Å². The van der Waals surface area contributed by atoms with Gasteiger partial charge in [-0.3, -0.25) is 0 Å². The van der Waals surface area contributed by atoms with E-state index in [-0.39, 0.29) is 12.6 Å². The third kappa shape index (κ3) is 2.10. The average Bonchev–Trinajstić information content (AvgIpc) is 3.05. The van der Waals surface area contributed by atoms with Crippen molar-refractivity contribution in [1.82, 2.24) is 20.6 Å². The van der Waals surface area contributed by atoms with Crippen molar-refractivity contribution in [2.75, 3.05) is 6.61 Å². The van der Waals surface area contributed by atoms with Crippen molar-refractivity contribution in [1.29, 1.82) is 0 Å². The predicted octanol–water partition coefficient (Wildman–Crippen LogP) is 0.939. The summed E-state index contributed by atoms with van der Waals surface area (Å²) in [7, 11) is 0. The summed E-state index contributed by atoms with van der Waals surface area (Å²) in [5, 5.41) is 13.3. The molecule has 0 radical (unpaired) electrons. The molecule has 0 amide bonds. The Morgan fingerprint density at radius 3 is 3.33 bits per heavy atom. The van der Waals surface area contributed by atoms with Gasteiger partial charge in [0.1, 0.15) is 17.6 Å². The molecule has 0 saturated carbocycles. The van der Waals surface area contributed by atoms with E-state index in [1.165, 1.54) is 6.26 Å². The fourth-order valence-corrected chi connectivity index (χ4v) is 2.77. The summed E-state index contributed by atoms with van der Waals surface area (Å²) < 4.78 is 10.5. The van der Waals surface area contributed by atoms with Crippen LogP contribution in [0.4, 0.5) is 0 Å². The number of hydrogen-bond donors (Lipinski definition) is 1. The molecule has 0 bridgehead atoms. The third-order valence-electron chi connectivity index (χ3n) is 2.63. The number of hydrogen-bond acceptors (Lipinski definition) is 7. The van der Waals surface area contributed by atoms with Crippen LogP contribution in [-0.4, -0.2) is 33.2 Å². The third-order valence-corrected chi connectivity index (χ3v) is 3.59. The van der Waals surface area contributed by atoms with Crippen molar-refractivity contribution in [3.05, 3.63) is 29.0 Å². The molecule has 2 aromatic rings. The fraction of sp³-hybridized carbons (Fsp3) is 0.400. The van der Waals surface area contributed by atoms with Crippen LogP contribution in [0.5, 0.6) is 0 Å².